The second kappa shape index (κ2) is 6.95. The van der Waals surface area contributed by atoms with Crippen LogP contribution in [0.15, 0.2) is 18.2 Å². The molecule has 1 atom stereocenters. The first-order valence-corrected chi connectivity index (χ1v) is 8.71. The molecule has 23 heavy (non-hydrogen) atoms. The fourth-order valence-electron chi connectivity index (χ4n) is 1.99. The first-order valence-electron chi connectivity index (χ1n) is 6.82. The van der Waals surface area contributed by atoms with Crippen molar-refractivity contribution in [1.82, 2.24) is 5.32 Å². The summed E-state index contributed by atoms with van der Waals surface area (Å²) in [6.45, 7) is 3.15. The molecule has 0 aromatic heterocycles. The Morgan fingerprint density at radius 3 is 2.43 bits per heavy atom. The van der Waals surface area contributed by atoms with E-state index in [4.69, 9.17) is 0 Å². The minimum absolute atomic E-state index is 0.0545. The van der Waals surface area contributed by atoms with E-state index in [1.807, 2.05) is 4.72 Å². The zero-order valence-electron chi connectivity index (χ0n) is 13.0. The van der Waals surface area contributed by atoms with Crippen molar-refractivity contribution >= 4 is 27.6 Å². The summed E-state index contributed by atoms with van der Waals surface area (Å²) in [5.41, 5.74) is -1.90. The van der Waals surface area contributed by atoms with Crippen LogP contribution in [0.5, 0.6) is 0 Å². The SMILES string of the molecule is CCCC(C)(NC(=O)c1ccc(F)c(NS(C)(=O)=O)c1)C(=O)O. The summed E-state index contributed by atoms with van der Waals surface area (Å²) in [5.74, 6) is -2.77. The van der Waals surface area contributed by atoms with E-state index in [0.29, 0.717) is 6.42 Å². The van der Waals surface area contributed by atoms with E-state index in [0.717, 1.165) is 24.5 Å². The number of amides is 1. The Hall–Kier alpha value is -2.16. The van der Waals surface area contributed by atoms with E-state index >= 15 is 0 Å². The molecule has 0 aliphatic carbocycles. The molecule has 0 saturated carbocycles. The molecule has 128 valence electrons. The van der Waals surface area contributed by atoms with Gasteiger partial charge < -0.3 is 10.4 Å². The quantitative estimate of drug-likeness (QED) is 0.694. The summed E-state index contributed by atoms with van der Waals surface area (Å²) in [6.07, 6.45) is 1.60. The number of aliphatic carboxylic acids is 1. The van der Waals surface area contributed by atoms with Gasteiger partial charge in [0, 0.05) is 5.56 Å². The molecule has 0 saturated heterocycles. The van der Waals surface area contributed by atoms with Crippen LogP contribution in [0.1, 0.15) is 37.0 Å². The molecule has 1 amide bonds. The number of carboxylic acids is 1. The molecule has 0 heterocycles. The highest BCUT2D eigenvalue weighted by molar-refractivity contribution is 7.92. The number of nitrogens with one attached hydrogen (secondary N) is 2. The number of benzene rings is 1. The van der Waals surface area contributed by atoms with Crippen LogP contribution in [0.3, 0.4) is 0 Å². The van der Waals surface area contributed by atoms with Crippen molar-refractivity contribution in [1.29, 1.82) is 0 Å². The minimum atomic E-state index is -3.72. The van der Waals surface area contributed by atoms with Gasteiger partial charge >= 0.3 is 5.97 Å². The number of anilines is 1. The lowest BCUT2D eigenvalue weighted by Crippen LogP contribution is -2.52. The van der Waals surface area contributed by atoms with E-state index in [9.17, 15) is 27.5 Å². The summed E-state index contributed by atoms with van der Waals surface area (Å²) in [7, 11) is -3.72. The molecule has 0 aliphatic heterocycles. The second-order valence-electron chi connectivity index (χ2n) is 5.41. The fourth-order valence-corrected chi connectivity index (χ4v) is 2.55. The van der Waals surface area contributed by atoms with Crippen molar-refractivity contribution in [2.24, 2.45) is 0 Å². The molecule has 9 heteroatoms. The van der Waals surface area contributed by atoms with Crippen molar-refractivity contribution < 1.29 is 27.5 Å². The lowest BCUT2D eigenvalue weighted by molar-refractivity contribution is -0.144. The van der Waals surface area contributed by atoms with Gasteiger partial charge in [-0.1, -0.05) is 13.3 Å². The number of carboxylic acid groups (broad SMARTS) is 1. The van der Waals surface area contributed by atoms with Gasteiger partial charge in [-0.15, -0.1) is 0 Å². The van der Waals surface area contributed by atoms with Crippen LogP contribution >= 0.6 is 0 Å². The van der Waals surface area contributed by atoms with Crippen LogP contribution < -0.4 is 10.0 Å². The first-order chi connectivity index (χ1) is 10.5. The van der Waals surface area contributed by atoms with Gasteiger partial charge in [-0.2, -0.15) is 0 Å². The number of carbonyl (C=O) groups excluding carboxylic acids is 1. The van der Waals surface area contributed by atoms with E-state index in [-0.39, 0.29) is 17.7 Å². The maximum atomic E-state index is 13.6. The Morgan fingerprint density at radius 2 is 1.96 bits per heavy atom. The van der Waals surface area contributed by atoms with Crippen LogP contribution in [0.25, 0.3) is 0 Å². The van der Waals surface area contributed by atoms with E-state index in [1.54, 1.807) is 6.92 Å². The lowest BCUT2D eigenvalue weighted by atomic mass is 9.95. The Labute approximate surface area is 133 Å². The number of hydrogen-bond donors (Lipinski definition) is 3. The molecule has 1 unspecified atom stereocenters. The highest BCUT2D eigenvalue weighted by Gasteiger charge is 2.34. The lowest BCUT2D eigenvalue weighted by Gasteiger charge is -2.25. The predicted molar refractivity (Wildman–Crippen MR) is 83.3 cm³/mol. The van der Waals surface area contributed by atoms with Gasteiger partial charge in [0.15, 0.2) is 0 Å². The summed E-state index contributed by atoms with van der Waals surface area (Å²) < 4.78 is 37.9. The Kier molecular flexibility index (Phi) is 5.70. The third kappa shape index (κ3) is 5.20. The van der Waals surface area contributed by atoms with Gasteiger partial charge in [-0.25, -0.2) is 17.6 Å². The molecular formula is C14H19FN2O5S. The van der Waals surface area contributed by atoms with Crippen LogP contribution in [-0.4, -0.2) is 37.2 Å². The van der Waals surface area contributed by atoms with Crippen molar-refractivity contribution in [2.45, 2.75) is 32.2 Å². The highest BCUT2D eigenvalue weighted by Crippen LogP contribution is 2.19. The third-order valence-electron chi connectivity index (χ3n) is 3.14. The molecule has 1 aromatic rings. The van der Waals surface area contributed by atoms with Crippen LogP contribution in [0, 0.1) is 5.82 Å². The molecule has 0 spiro atoms. The Morgan fingerprint density at radius 1 is 1.35 bits per heavy atom. The molecule has 0 radical (unpaired) electrons. The fraction of sp³-hybridized carbons (Fsp3) is 0.429. The van der Waals surface area contributed by atoms with Crippen molar-refractivity contribution in [3.8, 4) is 0 Å². The molecule has 1 aromatic carbocycles. The van der Waals surface area contributed by atoms with Gasteiger partial charge in [0.05, 0.1) is 11.9 Å². The molecule has 3 N–H and O–H groups in total. The molecule has 0 fully saturated rings. The number of sulfonamides is 1. The average Bonchev–Trinajstić information content (AvgIpc) is 2.39. The summed E-state index contributed by atoms with van der Waals surface area (Å²) in [5, 5.41) is 11.6. The van der Waals surface area contributed by atoms with Gasteiger partial charge in [0.25, 0.3) is 5.91 Å². The first kappa shape index (κ1) is 18.9. The highest BCUT2D eigenvalue weighted by atomic mass is 32.2. The standard InChI is InChI=1S/C14H19FN2O5S/c1-4-7-14(2,13(19)20)16-12(18)9-5-6-10(15)11(8-9)17-23(3,21)22/h5-6,8,17H,4,7H2,1-3H3,(H,16,18)(H,19,20). The molecule has 0 aliphatic rings. The van der Waals surface area contributed by atoms with E-state index in [2.05, 4.69) is 5.32 Å². The van der Waals surface area contributed by atoms with Crippen molar-refractivity contribution in [2.75, 3.05) is 11.0 Å². The van der Waals surface area contributed by atoms with E-state index < -0.39 is 33.3 Å². The average molecular weight is 346 g/mol. The maximum Gasteiger partial charge on any atom is 0.329 e. The minimum Gasteiger partial charge on any atom is -0.480 e. The monoisotopic (exact) mass is 346 g/mol. The Balaban J connectivity index is 3.09. The number of halogens is 1. The largest absolute Gasteiger partial charge is 0.480 e. The zero-order valence-corrected chi connectivity index (χ0v) is 13.8. The normalized spacial score (nSPS) is 13.9. The summed E-state index contributed by atoms with van der Waals surface area (Å²) >= 11 is 0. The van der Waals surface area contributed by atoms with Crippen LogP contribution in [0.2, 0.25) is 0 Å². The predicted octanol–water partition coefficient (Wildman–Crippen LogP) is 1.57. The zero-order chi connectivity index (χ0) is 17.8. The van der Waals surface area contributed by atoms with Gasteiger partial charge in [-0.3, -0.25) is 9.52 Å². The van der Waals surface area contributed by atoms with Crippen LogP contribution in [0.4, 0.5) is 10.1 Å². The smallest absolute Gasteiger partial charge is 0.329 e. The number of rotatable bonds is 7. The number of carbonyl (C=O) groups is 2. The van der Waals surface area contributed by atoms with Gasteiger partial charge in [0.1, 0.15) is 11.4 Å². The maximum absolute atomic E-state index is 13.6. The van der Waals surface area contributed by atoms with Gasteiger partial charge in [0.2, 0.25) is 10.0 Å². The van der Waals surface area contributed by atoms with E-state index in [1.165, 1.54) is 6.92 Å². The Bertz CT molecular complexity index is 720. The van der Waals surface area contributed by atoms with Crippen molar-refractivity contribution in [3.63, 3.8) is 0 Å². The second-order valence-corrected chi connectivity index (χ2v) is 7.16. The third-order valence-corrected chi connectivity index (χ3v) is 3.73. The molecule has 7 nitrogen and oxygen atoms in total. The summed E-state index contributed by atoms with van der Waals surface area (Å²) in [6, 6.07) is 3.09. The van der Waals surface area contributed by atoms with Crippen LogP contribution in [-0.2, 0) is 14.8 Å². The number of hydrogen-bond acceptors (Lipinski definition) is 4. The molecular weight excluding hydrogens is 327 g/mol. The molecule has 1 rings (SSSR count). The topological polar surface area (TPSA) is 113 Å². The molecule has 0 bridgehead atoms. The van der Waals surface area contributed by atoms with Gasteiger partial charge in [-0.05, 0) is 31.5 Å². The summed E-state index contributed by atoms with van der Waals surface area (Å²) in [4.78, 5) is 23.5. The van der Waals surface area contributed by atoms with Crippen molar-refractivity contribution in [3.05, 3.63) is 29.6 Å².